The van der Waals surface area contributed by atoms with Crippen LogP contribution < -0.4 is 21.9 Å². The van der Waals surface area contributed by atoms with Crippen molar-refractivity contribution in [1.82, 2.24) is 21.2 Å². The van der Waals surface area contributed by atoms with Gasteiger partial charge in [0.2, 0.25) is 0 Å². The maximum Gasteiger partial charge on any atom is 0.281 e. The van der Waals surface area contributed by atoms with E-state index >= 15 is 0 Å². The van der Waals surface area contributed by atoms with E-state index in [2.05, 4.69) is 21.2 Å². The Morgan fingerprint density at radius 3 is 2.75 bits per heavy atom. The number of carbonyl (C=O) groups excluding carboxylic acids is 1. The molecule has 2 rings (SSSR count). The van der Waals surface area contributed by atoms with Crippen LogP contribution in [-0.2, 0) is 0 Å². The third-order valence-electron chi connectivity index (χ3n) is 2.75. The second kappa shape index (κ2) is 5.59. The van der Waals surface area contributed by atoms with Crippen molar-refractivity contribution in [3.05, 3.63) is 22.2 Å². The van der Waals surface area contributed by atoms with Gasteiger partial charge in [-0.15, -0.1) is 11.3 Å². The number of nitrogen functional groups attached to an aromatic ring is 1. The highest BCUT2D eigenvalue weighted by molar-refractivity contribution is 7.80. The molecular weight excluding hydrogens is 294 g/mol. The van der Waals surface area contributed by atoms with Gasteiger partial charge >= 0.3 is 0 Å². The lowest BCUT2D eigenvalue weighted by atomic mass is 10.1. The summed E-state index contributed by atoms with van der Waals surface area (Å²) in [6, 6.07) is 1.95. The van der Waals surface area contributed by atoms with E-state index in [9.17, 15) is 4.79 Å². The molecule has 0 radical (unpaired) electrons. The number of hydrazine groups is 1. The van der Waals surface area contributed by atoms with Crippen LogP contribution in [0.1, 0.15) is 20.9 Å². The molecule has 106 valence electrons. The van der Waals surface area contributed by atoms with Gasteiger partial charge in [-0.2, -0.15) is 0 Å². The van der Waals surface area contributed by atoms with Gasteiger partial charge in [0.1, 0.15) is 9.71 Å². The average molecular weight is 309 g/mol. The number of anilines is 1. The van der Waals surface area contributed by atoms with Crippen LogP contribution in [-0.4, -0.2) is 23.1 Å². The van der Waals surface area contributed by atoms with E-state index in [4.69, 9.17) is 18.0 Å². The quantitative estimate of drug-likeness (QED) is 0.468. The number of carbonyl (C=O) groups is 1. The van der Waals surface area contributed by atoms with Gasteiger partial charge in [-0.25, -0.2) is 4.98 Å². The standard InChI is InChI=1S/C12H15N5OS2/c1-5-4-6(2)15-11-7(5)8(13)9(20-11)10(18)16-17-12(19)14-3/h4H,13H2,1-3H3,(H,16,18)(H2,14,17,19). The first-order chi connectivity index (χ1) is 9.43. The molecule has 0 aromatic carbocycles. The van der Waals surface area contributed by atoms with E-state index in [1.807, 2.05) is 19.9 Å². The number of thiocarbonyl (C=S) groups is 1. The van der Waals surface area contributed by atoms with Crippen LogP contribution in [0, 0.1) is 13.8 Å². The number of rotatable bonds is 1. The molecule has 2 aromatic heterocycles. The van der Waals surface area contributed by atoms with E-state index < -0.39 is 0 Å². The molecule has 2 aromatic rings. The molecule has 0 aliphatic carbocycles. The summed E-state index contributed by atoms with van der Waals surface area (Å²) in [5, 5.41) is 3.85. The van der Waals surface area contributed by atoms with Crippen LogP contribution in [0.25, 0.3) is 10.2 Å². The van der Waals surface area contributed by atoms with Gasteiger partial charge in [-0.05, 0) is 37.7 Å². The zero-order chi connectivity index (χ0) is 14.9. The number of aromatic nitrogens is 1. The molecule has 8 heteroatoms. The number of aryl methyl sites for hydroxylation is 2. The first-order valence-corrected chi connectivity index (χ1v) is 7.10. The van der Waals surface area contributed by atoms with Crippen LogP contribution in [0.3, 0.4) is 0 Å². The second-order valence-corrected chi connectivity index (χ2v) is 5.67. The Hall–Kier alpha value is -1.93. The molecule has 6 nitrogen and oxygen atoms in total. The molecule has 0 saturated heterocycles. The van der Waals surface area contributed by atoms with Crippen LogP contribution in [0.4, 0.5) is 5.69 Å². The first kappa shape index (κ1) is 14.5. The topological polar surface area (TPSA) is 92.1 Å². The molecule has 0 unspecified atom stereocenters. The van der Waals surface area contributed by atoms with Crippen molar-refractivity contribution < 1.29 is 4.79 Å². The lowest BCUT2D eigenvalue weighted by Gasteiger charge is -2.07. The number of nitrogens with zero attached hydrogens (tertiary/aromatic N) is 1. The maximum absolute atomic E-state index is 12.1. The number of amides is 1. The molecule has 0 fully saturated rings. The predicted octanol–water partition coefficient (Wildman–Crippen LogP) is 1.23. The van der Waals surface area contributed by atoms with Crippen molar-refractivity contribution in [2.75, 3.05) is 12.8 Å². The summed E-state index contributed by atoms with van der Waals surface area (Å²) in [6.07, 6.45) is 0. The number of pyridine rings is 1. The molecule has 0 aliphatic rings. The number of nitrogens with one attached hydrogen (secondary N) is 3. The first-order valence-electron chi connectivity index (χ1n) is 5.88. The molecular formula is C12H15N5OS2. The minimum Gasteiger partial charge on any atom is -0.397 e. The highest BCUT2D eigenvalue weighted by atomic mass is 32.1. The van der Waals surface area contributed by atoms with Crippen molar-refractivity contribution in [3.63, 3.8) is 0 Å². The van der Waals surface area contributed by atoms with E-state index in [1.165, 1.54) is 11.3 Å². The monoisotopic (exact) mass is 309 g/mol. The fourth-order valence-electron chi connectivity index (χ4n) is 1.87. The maximum atomic E-state index is 12.1. The molecule has 0 atom stereocenters. The summed E-state index contributed by atoms with van der Waals surface area (Å²) in [6.45, 7) is 3.87. The number of fused-ring (bicyclic) bond motifs is 1. The van der Waals surface area contributed by atoms with Crippen LogP contribution in [0.5, 0.6) is 0 Å². The van der Waals surface area contributed by atoms with Crippen molar-refractivity contribution in [1.29, 1.82) is 0 Å². The Morgan fingerprint density at radius 1 is 1.40 bits per heavy atom. The Bertz CT molecular complexity index is 695. The Morgan fingerprint density at radius 2 is 2.10 bits per heavy atom. The molecule has 0 spiro atoms. The van der Waals surface area contributed by atoms with Gasteiger partial charge in [0.25, 0.3) is 5.91 Å². The molecule has 5 N–H and O–H groups in total. The van der Waals surface area contributed by atoms with E-state index in [1.54, 1.807) is 7.05 Å². The second-order valence-electron chi connectivity index (χ2n) is 4.26. The van der Waals surface area contributed by atoms with Gasteiger partial charge in [0.15, 0.2) is 5.11 Å². The molecule has 0 bridgehead atoms. The molecule has 20 heavy (non-hydrogen) atoms. The van der Waals surface area contributed by atoms with Crippen molar-refractivity contribution in [2.45, 2.75) is 13.8 Å². The van der Waals surface area contributed by atoms with Crippen LogP contribution in [0.2, 0.25) is 0 Å². The normalized spacial score (nSPS) is 10.3. The number of hydrogen-bond acceptors (Lipinski definition) is 5. The average Bonchev–Trinajstić information content (AvgIpc) is 2.72. The van der Waals surface area contributed by atoms with Crippen molar-refractivity contribution >= 4 is 50.5 Å². The zero-order valence-corrected chi connectivity index (χ0v) is 13.0. The summed E-state index contributed by atoms with van der Waals surface area (Å²) in [4.78, 5) is 17.7. The lowest BCUT2D eigenvalue weighted by molar-refractivity contribution is 0.0948. The highest BCUT2D eigenvalue weighted by Gasteiger charge is 2.18. The summed E-state index contributed by atoms with van der Waals surface area (Å²) < 4.78 is 0. The van der Waals surface area contributed by atoms with Crippen LogP contribution >= 0.6 is 23.6 Å². The smallest absolute Gasteiger partial charge is 0.281 e. The fraction of sp³-hybridized carbons (Fsp3) is 0.250. The van der Waals surface area contributed by atoms with E-state index in [0.717, 1.165) is 21.5 Å². The fourth-order valence-corrected chi connectivity index (χ4v) is 3.03. The van der Waals surface area contributed by atoms with Crippen LogP contribution in [0.15, 0.2) is 6.07 Å². The molecule has 2 heterocycles. The summed E-state index contributed by atoms with van der Waals surface area (Å²) >= 11 is 6.15. The van der Waals surface area contributed by atoms with Gasteiger partial charge in [0, 0.05) is 18.1 Å². The largest absolute Gasteiger partial charge is 0.397 e. The molecule has 0 aliphatic heterocycles. The highest BCUT2D eigenvalue weighted by Crippen LogP contribution is 2.34. The Balaban J connectivity index is 2.35. The zero-order valence-electron chi connectivity index (χ0n) is 11.3. The van der Waals surface area contributed by atoms with E-state index in [0.29, 0.717) is 15.7 Å². The number of hydrogen-bond donors (Lipinski definition) is 4. The lowest BCUT2D eigenvalue weighted by Crippen LogP contribution is -2.45. The SMILES string of the molecule is CNC(=S)NNC(=O)c1sc2nc(C)cc(C)c2c1N. The Labute approximate surface area is 125 Å². The molecule has 1 amide bonds. The third kappa shape index (κ3) is 2.66. The number of nitrogens with two attached hydrogens (primary N) is 1. The Kier molecular flexibility index (Phi) is 4.05. The van der Waals surface area contributed by atoms with Crippen molar-refractivity contribution in [2.24, 2.45) is 0 Å². The minimum atomic E-state index is -0.333. The van der Waals surface area contributed by atoms with Gasteiger partial charge in [-0.3, -0.25) is 15.6 Å². The molecule has 0 saturated carbocycles. The van der Waals surface area contributed by atoms with Gasteiger partial charge in [-0.1, -0.05) is 0 Å². The number of thiophene rings is 1. The summed E-state index contributed by atoms with van der Waals surface area (Å²) in [5.74, 6) is -0.333. The third-order valence-corrected chi connectivity index (χ3v) is 4.15. The van der Waals surface area contributed by atoms with E-state index in [-0.39, 0.29) is 5.91 Å². The minimum absolute atomic E-state index is 0.322. The van der Waals surface area contributed by atoms with Gasteiger partial charge < -0.3 is 11.1 Å². The predicted molar refractivity (Wildman–Crippen MR) is 85.8 cm³/mol. The summed E-state index contributed by atoms with van der Waals surface area (Å²) in [7, 11) is 1.66. The van der Waals surface area contributed by atoms with Crippen molar-refractivity contribution in [3.8, 4) is 0 Å². The van der Waals surface area contributed by atoms with Gasteiger partial charge in [0.05, 0.1) is 5.69 Å². The summed E-state index contributed by atoms with van der Waals surface area (Å²) in [5.41, 5.74) is 13.5.